The van der Waals surface area contributed by atoms with Crippen molar-refractivity contribution in [3.8, 4) is 0 Å². The maximum absolute atomic E-state index is 12.5. The Balaban J connectivity index is 1.83. The van der Waals surface area contributed by atoms with Crippen LogP contribution >= 0.6 is 11.3 Å². The molecule has 2 aliphatic heterocycles. The van der Waals surface area contributed by atoms with E-state index >= 15 is 0 Å². The molecule has 2 aliphatic rings. The molecule has 0 spiro atoms. The summed E-state index contributed by atoms with van der Waals surface area (Å²) in [6.07, 6.45) is 1.94. The Kier molecular flexibility index (Phi) is 3.57. The largest absolute Gasteiger partial charge is 0.478 e. The lowest BCUT2D eigenvalue weighted by atomic mass is 9.98. The molecule has 1 aromatic heterocycles. The number of hydrogen-bond donors (Lipinski definition) is 1. The fraction of sp³-hybridized carbons (Fsp3) is 0.583. The number of carbonyl (C=O) groups is 1. The van der Waals surface area contributed by atoms with Crippen LogP contribution in [0.2, 0.25) is 0 Å². The summed E-state index contributed by atoms with van der Waals surface area (Å²) in [5, 5.41) is 10.2. The molecule has 110 valence electrons. The van der Waals surface area contributed by atoms with Crippen LogP contribution in [0.4, 0.5) is 0 Å². The molecule has 2 saturated heterocycles. The zero-order chi connectivity index (χ0) is 14.3. The van der Waals surface area contributed by atoms with Crippen LogP contribution in [0.15, 0.2) is 15.7 Å². The summed E-state index contributed by atoms with van der Waals surface area (Å²) < 4.78 is 32.1. The van der Waals surface area contributed by atoms with E-state index in [-0.39, 0.29) is 21.8 Å². The third-order valence-corrected chi connectivity index (χ3v) is 7.06. The number of carboxylic acids is 1. The smallest absolute Gasteiger partial charge is 0.336 e. The van der Waals surface area contributed by atoms with Crippen LogP contribution < -0.4 is 0 Å². The molecule has 1 N–H and O–H groups in total. The molecule has 0 unspecified atom stereocenters. The summed E-state index contributed by atoms with van der Waals surface area (Å²) in [5.41, 5.74) is 0.0152. The van der Waals surface area contributed by atoms with Crippen molar-refractivity contribution in [2.24, 2.45) is 5.92 Å². The van der Waals surface area contributed by atoms with Gasteiger partial charge in [-0.3, -0.25) is 0 Å². The van der Waals surface area contributed by atoms with E-state index in [9.17, 15) is 13.2 Å². The third kappa shape index (κ3) is 2.37. The Bertz CT molecular complexity index is 610. The van der Waals surface area contributed by atoms with Gasteiger partial charge in [-0.2, -0.15) is 4.31 Å². The molecule has 8 heteroatoms. The average Bonchev–Trinajstić information content (AvgIpc) is 3.06. The molecule has 0 saturated carbocycles. The molecule has 20 heavy (non-hydrogen) atoms. The van der Waals surface area contributed by atoms with Crippen molar-refractivity contribution in [2.45, 2.75) is 23.2 Å². The van der Waals surface area contributed by atoms with Crippen molar-refractivity contribution in [3.05, 3.63) is 17.0 Å². The molecule has 1 aromatic rings. The summed E-state index contributed by atoms with van der Waals surface area (Å²) in [5.74, 6) is -0.849. The molecular weight excluding hydrogens is 302 g/mol. The van der Waals surface area contributed by atoms with Gasteiger partial charge in [0.15, 0.2) is 0 Å². The van der Waals surface area contributed by atoms with Crippen molar-refractivity contribution in [3.63, 3.8) is 0 Å². The van der Waals surface area contributed by atoms with E-state index in [1.165, 1.54) is 15.8 Å². The van der Waals surface area contributed by atoms with Gasteiger partial charge in [-0.15, -0.1) is 11.3 Å². The van der Waals surface area contributed by atoms with Gasteiger partial charge in [0.2, 0.25) is 0 Å². The Labute approximate surface area is 121 Å². The van der Waals surface area contributed by atoms with E-state index in [0.29, 0.717) is 19.7 Å². The van der Waals surface area contributed by atoms with Gasteiger partial charge in [-0.1, -0.05) is 0 Å². The van der Waals surface area contributed by atoms with Crippen LogP contribution in [0.1, 0.15) is 23.2 Å². The standard InChI is InChI=1S/C12H15NO5S2/c14-12(15)9-4-11(19-7-9)20(16,17)13-5-8-2-1-3-18-10(8)6-13/h4,7-8,10H,1-3,5-6H2,(H,14,15)/t8-,10+/m0/s1. The topological polar surface area (TPSA) is 83.9 Å². The van der Waals surface area contributed by atoms with E-state index in [1.807, 2.05) is 0 Å². The van der Waals surface area contributed by atoms with Gasteiger partial charge < -0.3 is 9.84 Å². The maximum Gasteiger partial charge on any atom is 0.336 e. The molecule has 3 heterocycles. The molecule has 0 aromatic carbocycles. The van der Waals surface area contributed by atoms with E-state index in [0.717, 1.165) is 24.2 Å². The van der Waals surface area contributed by atoms with Crippen LogP contribution in [-0.4, -0.2) is 49.6 Å². The van der Waals surface area contributed by atoms with Crippen molar-refractivity contribution in [1.29, 1.82) is 0 Å². The predicted octanol–water partition coefficient (Wildman–Crippen LogP) is 1.25. The molecule has 0 aliphatic carbocycles. The minimum absolute atomic E-state index is 0.0152. The van der Waals surface area contributed by atoms with Gasteiger partial charge in [0.25, 0.3) is 10.0 Å². The highest BCUT2D eigenvalue weighted by molar-refractivity contribution is 7.91. The van der Waals surface area contributed by atoms with Gasteiger partial charge in [0, 0.05) is 31.0 Å². The van der Waals surface area contributed by atoms with E-state index in [4.69, 9.17) is 9.84 Å². The summed E-state index contributed by atoms with van der Waals surface area (Å²) >= 11 is 0.954. The number of thiophene rings is 1. The summed E-state index contributed by atoms with van der Waals surface area (Å²) in [6, 6.07) is 1.23. The first-order chi connectivity index (χ1) is 9.48. The SMILES string of the molecule is O=C(O)c1csc(S(=O)(=O)N2C[C@@H]3CCCO[C@@H]3C2)c1. The van der Waals surface area contributed by atoms with Gasteiger partial charge in [-0.25, -0.2) is 13.2 Å². The number of ether oxygens (including phenoxy) is 1. The lowest BCUT2D eigenvalue weighted by Gasteiger charge is -2.23. The van der Waals surface area contributed by atoms with Crippen LogP contribution in [-0.2, 0) is 14.8 Å². The number of nitrogens with zero attached hydrogens (tertiary/aromatic N) is 1. The highest BCUT2D eigenvalue weighted by Gasteiger charge is 2.41. The second-order valence-corrected chi connectivity index (χ2v) is 8.17. The minimum Gasteiger partial charge on any atom is -0.478 e. The third-order valence-electron chi connectivity index (χ3n) is 3.82. The number of sulfonamides is 1. The number of carboxylic acid groups (broad SMARTS) is 1. The predicted molar refractivity (Wildman–Crippen MR) is 72.5 cm³/mol. The average molecular weight is 317 g/mol. The summed E-state index contributed by atoms with van der Waals surface area (Å²) in [6.45, 7) is 1.53. The quantitative estimate of drug-likeness (QED) is 0.907. The van der Waals surface area contributed by atoms with Crippen LogP contribution in [0.3, 0.4) is 0 Å². The number of hydrogen-bond acceptors (Lipinski definition) is 5. The first-order valence-corrected chi connectivity index (χ1v) is 8.74. The second kappa shape index (κ2) is 5.10. The maximum atomic E-state index is 12.5. The van der Waals surface area contributed by atoms with Crippen LogP contribution in [0.25, 0.3) is 0 Å². The second-order valence-electron chi connectivity index (χ2n) is 5.09. The number of rotatable bonds is 3. The number of aromatic carboxylic acids is 1. The van der Waals surface area contributed by atoms with Crippen LogP contribution in [0.5, 0.6) is 0 Å². The fourth-order valence-electron chi connectivity index (χ4n) is 2.74. The molecule has 0 amide bonds. The molecule has 2 atom stereocenters. The van der Waals surface area contributed by atoms with Gasteiger partial charge in [0.1, 0.15) is 4.21 Å². The Morgan fingerprint density at radius 3 is 2.90 bits per heavy atom. The molecule has 0 radical (unpaired) electrons. The molecular formula is C12H15NO5S2. The van der Waals surface area contributed by atoms with Crippen molar-refractivity contribution < 1.29 is 23.1 Å². The first kappa shape index (κ1) is 14.0. The van der Waals surface area contributed by atoms with Crippen molar-refractivity contribution in [2.75, 3.05) is 19.7 Å². The van der Waals surface area contributed by atoms with Crippen molar-refractivity contribution >= 4 is 27.3 Å². The molecule has 2 fully saturated rings. The monoisotopic (exact) mass is 317 g/mol. The van der Waals surface area contributed by atoms with Gasteiger partial charge in [0.05, 0.1) is 11.7 Å². The zero-order valence-corrected chi connectivity index (χ0v) is 12.3. The van der Waals surface area contributed by atoms with Crippen molar-refractivity contribution in [1.82, 2.24) is 4.31 Å². The normalized spacial score (nSPS) is 27.4. The minimum atomic E-state index is -3.60. The highest BCUT2D eigenvalue weighted by Crippen LogP contribution is 2.33. The van der Waals surface area contributed by atoms with E-state index in [1.54, 1.807) is 0 Å². The lowest BCUT2D eigenvalue weighted by molar-refractivity contribution is -0.0000903. The Hall–Kier alpha value is -0.960. The summed E-state index contributed by atoms with van der Waals surface area (Å²) in [7, 11) is -3.60. The molecule has 0 bridgehead atoms. The van der Waals surface area contributed by atoms with Gasteiger partial charge >= 0.3 is 5.97 Å². The van der Waals surface area contributed by atoms with Gasteiger partial charge in [-0.05, 0) is 18.9 Å². The number of fused-ring (bicyclic) bond motifs is 1. The Morgan fingerprint density at radius 2 is 2.25 bits per heavy atom. The van der Waals surface area contributed by atoms with Crippen LogP contribution in [0, 0.1) is 5.92 Å². The van der Waals surface area contributed by atoms with E-state index < -0.39 is 16.0 Å². The first-order valence-electron chi connectivity index (χ1n) is 6.42. The lowest BCUT2D eigenvalue weighted by Crippen LogP contribution is -2.30. The summed E-state index contributed by atoms with van der Waals surface area (Å²) in [4.78, 5) is 10.8. The molecule has 6 nitrogen and oxygen atoms in total. The Morgan fingerprint density at radius 1 is 1.45 bits per heavy atom. The van der Waals surface area contributed by atoms with E-state index in [2.05, 4.69) is 0 Å². The zero-order valence-electron chi connectivity index (χ0n) is 10.7. The highest BCUT2D eigenvalue weighted by atomic mass is 32.2. The molecule has 3 rings (SSSR count). The fourth-order valence-corrected chi connectivity index (χ4v) is 5.55.